The third kappa shape index (κ3) is 5.93. The van der Waals surface area contributed by atoms with Gasteiger partial charge in [-0.2, -0.15) is 0 Å². The van der Waals surface area contributed by atoms with Crippen LogP contribution in [-0.4, -0.2) is 79.7 Å². The van der Waals surface area contributed by atoms with E-state index in [9.17, 15) is 5.11 Å². The summed E-state index contributed by atoms with van der Waals surface area (Å²) in [5.41, 5.74) is 1.35. The van der Waals surface area contributed by atoms with E-state index in [1.807, 2.05) is 24.3 Å². The number of nitrogens with zero attached hydrogens (tertiary/aromatic N) is 2. The van der Waals surface area contributed by atoms with Gasteiger partial charge in [-0.25, -0.2) is 0 Å². The second kappa shape index (κ2) is 10.1. The van der Waals surface area contributed by atoms with E-state index in [0.29, 0.717) is 26.4 Å². The van der Waals surface area contributed by atoms with Crippen molar-refractivity contribution in [2.24, 2.45) is 0 Å². The Kier molecular flexibility index (Phi) is 7.00. The molecule has 1 saturated heterocycles. The minimum absolute atomic E-state index is 0.140. The van der Waals surface area contributed by atoms with E-state index >= 15 is 0 Å². The van der Waals surface area contributed by atoms with Crippen LogP contribution in [0.25, 0.3) is 0 Å². The quantitative estimate of drug-likeness (QED) is 0.734. The first-order valence-corrected chi connectivity index (χ1v) is 10.4. The van der Waals surface area contributed by atoms with Crippen molar-refractivity contribution in [1.29, 1.82) is 0 Å². The predicted octanol–water partition coefficient (Wildman–Crippen LogP) is 2.02. The zero-order valence-electron chi connectivity index (χ0n) is 16.8. The van der Waals surface area contributed by atoms with Crippen molar-refractivity contribution in [1.82, 2.24) is 9.80 Å². The molecule has 6 nitrogen and oxygen atoms in total. The summed E-state index contributed by atoms with van der Waals surface area (Å²) in [5.74, 6) is 1.52. The van der Waals surface area contributed by atoms with Gasteiger partial charge in [0, 0.05) is 39.3 Å². The van der Waals surface area contributed by atoms with Crippen LogP contribution in [-0.2, 0) is 11.3 Å². The number of fused-ring (bicyclic) bond motifs is 1. The highest BCUT2D eigenvalue weighted by Crippen LogP contribution is 2.30. The Hall–Kier alpha value is -2.12. The van der Waals surface area contributed by atoms with Crippen LogP contribution >= 0.6 is 0 Å². The summed E-state index contributed by atoms with van der Waals surface area (Å²) >= 11 is 0. The Bertz CT molecular complexity index is 750. The molecule has 4 rings (SSSR count). The fraction of sp³-hybridized carbons (Fsp3) is 0.478. The molecule has 0 saturated carbocycles. The highest BCUT2D eigenvalue weighted by Gasteiger charge is 2.22. The Balaban J connectivity index is 1.11. The van der Waals surface area contributed by atoms with E-state index in [4.69, 9.17) is 14.2 Å². The Morgan fingerprint density at radius 1 is 0.931 bits per heavy atom. The number of hydrogen-bond donors (Lipinski definition) is 1. The Morgan fingerprint density at radius 3 is 2.41 bits per heavy atom. The topological polar surface area (TPSA) is 54.4 Å². The molecule has 2 aromatic carbocycles. The molecule has 2 atom stereocenters. The number of piperazine rings is 1. The molecule has 0 spiro atoms. The molecule has 0 amide bonds. The molecule has 1 fully saturated rings. The van der Waals surface area contributed by atoms with Crippen LogP contribution in [0.5, 0.6) is 11.5 Å². The SMILES string of the molecule is OC(COCC1COc2ccccc2O1)CN1CCN(Cc2ccccc2)CC1. The lowest BCUT2D eigenvalue weighted by Gasteiger charge is -2.35. The van der Waals surface area contributed by atoms with Gasteiger partial charge >= 0.3 is 0 Å². The molecule has 0 aliphatic carbocycles. The second-order valence-electron chi connectivity index (χ2n) is 7.75. The number of aliphatic hydroxyl groups excluding tert-OH is 1. The van der Waals surface area contributed by atoms with Crippen molar-refractivity contribution < 1.29 is 19.3 Å². The zero-order chi connectivity index (χ0) is 19.9. The minimum atomic E-state index is -0.493. The molecule has 2 unspecified atom stereocenters. The van der Waals surface area contributed by atoms with Crippen molar-refractivity contribution in [3.8, 4) is 11.5 Å². The van der Waals surface area contributed by atoms with E-state index in [1.54, 1.807) is 0 Å². The van der Waals surface area contributed by atoms with Crippen LogP contribution in [0.4, 0.5) is 0 Å². The van der Waals surface area contributed by atoms with Gasteiger partial charge in [0.1, 0.15) is 6.61 Å². The van der Waals surface area contributed by atoms with E-state index in [1.165, 1.54) is 5.56 Å². The first-order chi connectivity index (χ1) is 14.3. The first-order valence-electron chi connectivity index (χ1n) is 10.4. The summed E-state index contributed by atoms with van der Waals surface area (Å²) in [7, 11) is 0. The number of benzene rings is 2. The highest BCUT2D eigenvalue weighted by atomic mass is 16.6. The molecule has 1 N–H and O–H groups in total. The van der Waals surface area contributed by atoms with Crippen molar-refractivity contribution >= 4 is 0 Å². The molecule has 0 aromatic heterocycles. The van der Waals surface area contributed by atoms with Crippen molar-refractivity contribution in [2.75, 3.05) is 52.5 Å². The molecular weight excluding hydrogens is 368 g/mol. The number of hydrogen-bond acceptors (Lipinski definition) is 6. The van der Waals surface area contributed by atoms with E-state index in [-0.39, 0.29) is 6.10 Å². The molecule has 156 valence electrons. The van der Waals surface area contributed by atoms with E-state index in [0.717, 1.165) is 44.2 Å². The van der Waals surface area contributed by atoms with Crippen molar-refractivity contribution in [3.63, 3.8) is 0 Å². The summed E-state index contributed by atoms with van der Waals surface area (Å²) in [6, 6.07) is 18.2. The van der Waals surface area contributed by atoms with Crippen molar-refractivity contribution in [2.45, 2.75) is 18.8 Å². The van der Waals surface area contributed by atoms with Gasteiger partial charge in [-0.15, -0.1) is 0 Å². The summed E-state index contributed by atoms with van der Waals surface area (Å²) in [6.45, 7) is 6.82. The molecule has 2 aromatic rings. The van der Waals surface area contributed by atoms with Crippen molar-refractivity contribution in [3.05, 3.63) is 60.2 Å². The lowest BCUT2D eigenvalue weighted by molar-refractivity contribution is -0.0322. The van der Waals surface area contributed by atoms with Gasteiger partial charge in [-0.3, -0.25) is 9.80 Å². The van der Waals surface area contributed by atoms with Crippen LogP contribution in [0.2, 0.25) is 0 Å². The molecule has 2 heterocycles. The molecule has 29 heavy (non-hydrogen) atoms. The van der Waals surface area contributed by atoms with Gasteiger partial charge in [0.05, 0.1) is 19.3 Å². The first kappa shape index (κ1) is 20.2. The molecule has 0 bridgehead atoms. The summed E-state index contributed by atoms with van der Waals surface area (Å²) in [6.07, 6.45) is -0.633. The molecule has 2 aliphatic heterocycles. The monoisotopic (exact) mass is 398 g/mol. The second-order valence-corrected chi connectivity index (χ2v) is 7.75. The van der Waals surface area contributed by atoms with E-state index < -0.39 is 6.10 Å². The van der Waals surface area contributed by atoms with Gasteiger partial charge in [-0.1, -0.05) is 42.5 Å². The molecule has 6 heteroatoms. The normalized spacial score (nSPS) is 21.1. The third-order valence-electron chi connectivity index (χ3n) is 5.36. The number of para-hydroxylation sites is 2. The smallest absolute Gasteiger partial charge is 0.161 e. The van der Waals surface area contributed by atoms with Gasteiger partial charge in [-0.05, 0) is 17.7 Å². The average molecular weight is 399 g/mol. The lowest BCUT2D eigenvalue weighted by atomic mass is 10.2. The van der Waals surface area contributed by atoms with Gasteiger partial charge in [0.25, 0.3) is 0 Å². The van der Waals surface area contributed by atoms with Crippen LogP contribution in [0, 0.1) is 0 Å². The predicted molar refractivity (Wildman–Crippen MR) is 111 cm³/mol. The fourth-order valence-corrected chi connectivity index (χ4v) is 3.80. The van der Waals surface area contributed by atoms with Crippen LogP contribution in [0.3, 0.4) is 0 Å². The van der Waals surface area contributed by atoms with Crippen LogP contribution in [0.15, 0.2) is 54.6 Å². The van der Waals surface area contributed by atoms with Gasteiger partial charge in [0.15, 0.2) is 17.6 Å². The van der Waals surface area contributed by atoms with Gasteiger partial charge in [0.2, 0.25) is 0 Å². The molecule has 2 aliphatic rings. The maximum Gasteiger partial charge on any atom is 0.161 e. The number of ether oxygens (including phenoxy) is 3. The highest BCUT2D eigenvalue weighted by molar-refractivity contribution is 5.40. The summed E-state index contributed by atoms with van der Waals surface area (Å²) in [5, 5.41) is 10.3. The molecular formula is C23H30N2O4. The minimum Gasteiger partial charge on any atom is -0.486 e. The summed E-state index contributed by atoms with van der Waals surface area (Å²) in [4.78, 5) is 4.78. The summed E-state index contributed by atoms with van der Waals surface area (Å²) < 4.78 is 17.3. The number of β-amino-alcohol motifs (C(OH)–C–C–N with tert-alkyl or cyclic N) is 1. The standard InChI is InChI=1S/C23H30N2O4/c26-20(16-27-17-21-18-28-22-8-4-5-9-23(22)29-21)15-25-12-10-24(11-13-25)14-19-6-2-1-3-7-19/h1-9,20-21,26H,10-18H2. The maximum atomic E-state index is 10.3. The Morgan fingerprint density at radius 2 is 1.62 bits per heavy atom. The van der Waals surface area contributed by atoms with Crippen LogP contribution < -0.4 is 9.47 Å². The maximum absolute atomic E-state index is 10.3. The zero-order valence-corrected chi connectivity index (χ0v) is 16.8. The number of aliphatic hydroxyl groups is 1. The van der Waals surface area contributed by atoms with Gasteiger partial charge < -0.3 is 19.3 Å². The Labute approximate surface area is 172 Å². The largest absolute Gasteiger partial charge is 0.486 e. The van der Waals surface area contributed by atoms with E-state index in [2.05, 4.69) is 40.1 Å². The average Bonchev–Trinajstić information content (AvgIpc) is 2.76. The third-order valence-corrected chi connectivity index (χ3v) is 5.36. The lowest BCUT2D eigenvalue weighted by Crippen LogP contribution is -2.48. The van der Waals surface area contributed by atoms with Crippen LogP contribution in [0.1, 0.15) is 5.56 Å². The molecule has 0 radical (unpaired) electrons. The number of rotatable bonds is 8. The fourth-order valence-electron chi connectivity index (χ4n) is 3.80.